The summed E-state index contributed by atoms with van der Waals surface area (Å²) in [7, 11) is 0. The van der Waals surface area contributed by atoms with Gasteiger partial charge in [0.05, 0.1) is 0 Å². The summed E-state index contributed by atoms with van der Waals surface area (Å²) in [6.45, 7) is 0. The Hall–Kier alpha value is -4.14. The quantitative estimate of drug-likeness (QED) is 0.251. The Labute approximate surface area is 204 Å². The van der Waals surface area contributed by atoms with E-state index < -0.39 is 0 Å². The molecule has 0 N–H and O–H groups in total. The van der Waals surface area contributed by atoms with Gasteiger partial charge < -0.3 is 4.90 Å². The molecule has 0 saturated heterocycles. The van der Waals surface area contributed by atoms with Crippen LogP contribution >= 0.6 is 11.3 Å². The van der Waals surface area contributed by atoms with Gasteiger partial charge >= 0.3 is 0 Å². The highest BCUT2D eigenvalue weighted by Crippen LogP contribution is 2.45. The molecule has 6 aromatic rings. The molecule has 0 unspecified atom stereocenters. The van der Waals surface area contributed by atoms with E-state index in [2.05, 4.69) is 144 Å². The Morgan fingerprint density at radius 2 is 0.912 bits per heavy atom. The van der Waals surface area contributed by atoms with E-state index in [9.17, 15) is 0 Å². The van der Waals surface area contributed by atoms with Crippen LogP contribution in [0.25, 0.3) is 31.7 Å². The second-order valence-corrected chi connectivity index (χ2v) is 9.27. The molecule has 0 spiro atoms. The third-order valence-electron chi connectivity index (χ3n) is 6.07. The average Bonchev–Trinajstić information content (AvgIpc) is 3.31. The van der Waals surface area contributed by atoms with Crippen LogP contribution in [-0.2, 0) is 0 Å². The van der Waals surface area contributed by atoms with E-state index in [1.807, 2.05) is 11.3 Å². The summed E-state index contributed by atoms with van der Waals surface area (Å²) in [6.07, 6.45) is 0. The molecule has 0 aliphatic rings. The van der Waals surface area contributed by atoms with Crippen molar-refractivity contribution in [1.82, 2.24) is 0 Å². The minimum Gasteiger partial charge on any atom is -0.311 e. The Kier molecular flexibility index (Phi) is 5.42. The van der Waals surface area contributed by atoms with Gasteiger partial charge in [0.2, 0.25) is 0 Å². The van der Waals surface area contributed by atoms with Crippen molar-refractivity contribution in [3.05, 3.63) is 140 Å². The summed E-state index contributed by atoms with van der Waals surface area (Å²) in [6, 6.07) is 49.5. The molecular formula is C32H23NS. The lowest BCUT2D eigenvalue weighted by Gasteiger charge is -2.25. The molecule has 0 aliphatic heterocycles. The summed E-state index contributed by atoms with van der Waals surface area (Å²) in [5.74, 6) is 0. The third-order valence-corrected chi connectivity index (χ3v) is 7.29. The molecular weight excluding hydrogens is 430 g/mol. The summed E-state index contributed by atoms with van der Waals surface area (Å²) < 4.78 is 1.32. The number of hydrogen-bond acceptors (Lipinski definition) is 2. The van der Waals surface area contributed by atoms with Crippen LogP contribution in [0.5, 0.6) is 0 Å². The van der Waals surface area contributed by atoms with Crippen LogP contribution in [-0.4, -0.2) is 0 Å². The van der Waals surface area contributed by atoms with Crippen LogP contribution < -0.4 is 4.90 Å². The highest BCUT2D eigenvalue weighted by molar-refractivity contribution is 7.23. The van der Waals surface area contributed by atoms with Gasteiger partial charge in [0.15, 0.2) is 0 Å². The van der Waals surface area contributed by atoms with Gasteiger partial charge in [-0.1, -0.05) is 97.1 Å². The Balaban J connectivity index is 1.48. The van der Waals surface area contributed by atoms with Crippen LogP contribution in [0.4, 0.5) is 17.1 Å². The van der Waals surface area contributed by atoms with Gasteiger partial charge in [0.1, 0.15) is 0 Å². The van der Waals surface area contributed by atoms with Crippen LogP contribution in [0.3, 0.4) is 0 Å². The number of anilines is 3. The fourth-order valence-corrected chi connectivity index (χ4v) is 5.73. The van der Waals surface area contributed by atoms with E-state index in [-0.39, 0.29) is 0 Å². The zero-order valence-corrected chi connectivity index (χ0v) is 19.5. The Morgan fingerprint density at radius 1 is 0.412 bits per heavy atom. The zero-order chi connectivity index (χ0) is 22.7. The van der Waals surface area contributed by atoms with Gasteiger partial charge in [0.25, 0.3) is 0 Å². The summed E-state index contributed by atoms with van der Waals surface area (Å²) in [4.78, 5) is 3.62. The molecule has 2 heteroatoms. The van der Waals surface area contributed by atoms with Gasteiger partial charge in [-0.25, -0.2) is 0 Å². The molecule has 1 nitrogen and oxygen atoms in total. The lowest BCUT2D eigenvalue weighted by molar-refractivity contribution is 1.28. The van der Waals surface area contributed by atoms with Crippen molar-refractivity contribution in [1.29, 1.82) is 0 Å². The van der Waals surface area contributed by atoms with Gasteiger partial charge in [-0.2, -0.15) is 0 Å². The summed E-state index contributed by atoms with van der Waals surface area (Å²) in [5, 5.41) is 1.31. The first-order valence-electron chi connectivity index (χ1n) is 11.5. The fraction of sp³-hybridized carbons (Fsp3) is 0. The first-order valence-corrected chi connectivity index (χ1v) is 12.3. The van der Waals surface area contributed by atoms with E-state index in [4.69, 9.17) is 0 Å². The highest BCUT2D eigenvalue weighted by Gasteiger charge is 2.17. The molecule has 0 fully saturated rings. The minimum atomic E-state index is 1.14. The van der Waals surface area contributed by atoms with E-state index in [0.29, 0.717) is 0 Å². The van der Waals surface area contributed by atoms with E-state index in [0.717, 1.165) is 17.1 Å². The average molecular weight is 454 g/mol. The van der Waals surface area contributed by atoms with Crippen molar-refractivity contribution < 1.29 is 0 Å². The molecule has 34 heavy (non-hydrogen) atoms. The smallest absolute Gasteiger partial charge is 0.0462 e. The van der Waals surface area contributed by atoms with Crippen LogP contribution in [0, 0.1) is 0 Å². The van der Waals surface area contributed by atoms with Gasteiger partial charge in [-0.05, 0) is 53.6 Å². The number of benzene rings is 5. The lowest BCUT2D eigenvalue weighted by atomic mass is 9.98. The van der Waals surface area contributed by atoms with E-state index in [1.165, 1.54) is 31.7 Å². The van der Waals surface area contributed by atoms with Crippen molar-refractivity contribution >= 4 is 38.5 Å². The minimum absolute atomic E-state index is 1.14. The van der Waals surface area contributed by atoms with Crippen molar-refractivity contribution in [2.24, 2.45) is 0 Å². The number of rotatable bonds is 5. The SMILES string of the molecule is c1ccc(-c2sc3ccccc3c2-c2ccc(N(c3ccccc3)c3ccccc3)cc2)cc1. The monoisotopic (exact) mass is 453 g/mol. The standard InChI is InChI=1S/C32H23NS/c1-4-12-25(13-5-1)32-31(29-18-10-11-19-30(29)34-32)24-20-22-28(23-21-24)33(26-14-6-2-7-15-26)27-16-8-3-9-17-27/h1-23H. The molecule has 6 rings (SSSR count). The number of hydrogen-bond donors (Lipinski definition) is 0. The van der Waals surface area contributed by atoms with Crippen molar-refractivity contribution in [2.45, 2.75) is 0 Å². The Bertz CT molecular complexity index is 1480. The lowest BCUT2D eigenvalue weighted by Crippen LogP contribution is -2.09. The molecule has 0 radical (unpaired) electrons. The topological polar surface area (TPSA) is 3.24 Å². The predicted molar refractivity (Wildman–Crippen MR) is 147 cm³/mol. The number of fused-ring (bicyclic) bond motifs is 1. The zero-order valence-electron chi connectivity index (χ0n) is 18.6. The number of thiophene rings is 1. The molecule has 162 valence electrons. The van der Waals surface area contributed by atoms with Gasteiger partial charge in [-0.3, -0.25) is 0 Å². The number of para-hydroxylation sites is 2. The van der Waals surface area contributed by atoms with Crippen LogP contribution in [0.2, 0.25) is 0 Å². The second kappa shape index (κ2) is 9.01. The molecule has 0 bridgehead atoms. The second-order valence-electron chi connectivity index (χ2n) is 8.22. The normalized spacial score (nSPS) is 10.9. The Morgan fingerprint density at radius 3 is 1.53 bits per heavy atom. The summed E-state index contributed by atoms with van der Waals surface area (Å²) >= 11 is 1.87. The maximum absolute atomic E-state index is 2.30. The third kappa shape index (κ3) is 3.79. The summed E-state index contributed by atoms with van der Waals surface area (Å²) in [5.41, 5.74) is 7.24. The maximum atomic E-state index is 2.30. The predicted octanol–water partition coefficient (Wildman–Crippen LogP) is 9.71. The van der Waals surface area contributed by atoms with Crippen LogP contribution in [0.15, 0.2) is 140 Å². The van der Waals surface area contributed by atoms with E-state index in [1.54, 1.807) is 0 Å². The first-order chi connectivity index (χ1) is 16.9. The van der Waals surface area contributed by atoms with Crippen molar-refractivity contribution in [3.8, 4) is 21.6 Å². The first kappa shape index (κ1) is 20.5. The largest absolute Gasteiger partial charge is 0.311 e. The number of nitrogens with zero attached hydrogens (tertiary/aromatic N) is 1. The highest BCUT2D eigenvalue weighted by atomic mass is 32.1. The van der Waals surface area contributed by atoms with Crippen LogP contribution in [0.1, 0.15) is 0 Å². The molecule has 0 aliphatic carbocycles. The molecule has 5 aromatic carbocycles. The van der Waals surface area contributed by atoms with Gasteiger partial charge in [-0.15, -0.1) is 11.3 Å². The molecule has 0 saturated carbocycles. The van der Waals surface area contributed by atoms with Crippen molar-refractivity contribution in [3.63, 3.8) is 0 Å². The molecule has 1 heterocycles. The maximum Gasteiger partial charge on any atom is 0.0462 e. The fourth-order valence-electron chi connectivity index (χ4n) is 4.50. The van der Waals surface area contributed by atoms with E-state index >= 15 is 0 Å². The molecule has 0 amide bonds. The van der Waals surface area contributed by atoms with Gasteiger partial charge in [0, 0.05) is 37.6 Å². The molecule has 0 atom stereocenters. The van der Waals surface area contributed by atoms with Crippen molar-refractivity contribution in [2.75, 3.05) is 4.90 Å². The molecule has 1 aromatic heterocycles.